The van der Waals surface area contributed by atoms with Crippen molar-refractivity contribution >= 4 is 49.9 Å². The first kappa shape index (κ1) is 19.7. The smallest absolute Gasteiger partial charge is 0.254 e. The molecule has 2 aromatic carbocycles. The molecule has 2 bridgehead atoms. The predicted octanol–water partition coefficient (Wildman–Crippen LogP) is 4.93. The van der Waals surface area contributed by atoms with Gasteiger partial charge in [0.1, 0.15) is 12.4 Å². The SMILES string of the molecule is O=C1[C@@H]2[C@H](C(=O)N1N=Cc1cc(Br)ccc1OCc1ccc(Br)cc1)[C@H]1C=C[C@H]2C1. The number of ether oxygens (including phenoxy) is 1. The highest BCUT2D eigenvalue weighted by atomic mass is 79.9. The minimum absolute atomic E-state index is 0.173. The van der Waals surface area contributed by atoms with Gasteiger partial charge < -0.3 is 4.74 Å². The fourth-order valence-electron chi connectivity index (χ4n) is 4.61. The van der Waals surface area contributed by atoms with Gasteiger partial charge in [0.05, 0.1) is 18.1 Å². The summed E-state index contributed by atoms with van der Waals surface area (Å²) < 4.78 is 7.85. The average Bonchev–Trinajstić information content (AvgIpc) is 3.41. The molecule has 0 spiro atoms. The Morgan fingerprint density at radius 2 is 1.60 bits per heavy atom. The van der Waals surface area contributed by atoms with Crippen LogP contribution in [0.5, 0.6) is 5.75 Å². The number of rotatable bonds is 5. The molecule has 152 valence electrons. The van der Waals surface area contributed by atoms with Crippen molar-refractivity contribution in [3.8, 4) is 5.75 Å². The van der Waals surface area contributed by atoms with Crippen LogP contribution < -0.4 is 4.74 Å². The number of benzene rings is 2. The molecule has 7 heteroatoms. The van der Waals surface area contributed by atoms with Gasteiger partial charge in [0.15, 0.2) is 0 Å². The number of hydrogen-bond acceptors (Lipinski definition) is 4. The second-order valence-corrected chi connectivity index (χ2v) is 9.66. The number of fused-ring (bicyclic) bond motifs is 5. The molecule has 0 radical (unpaired) electrons. The van der Waals surface area contributed by atoms with Gasteiger partial charge in [0.2, 0.25) is 0 Å². The lowest BCUT2D eigenvalue weighted by molar-refractivity contribution is -0.140. The third kappa shape index (κ3) is 3.44. The summed E-state index contributed by atoms with van der Waals surface area (Å²) >= 11 is 6.89. The van der Waals surface area contributed by atoms with Gasteiger partial charge in [-0.3, -0.25) is 9.59 Å². The fraction of sp³-hybridized carbons (Fsp3) is 0.261. The molecule has 2 aromatic rings. The number of nitrogens with zero attached hydrogens (tertiary/aromatic N) is 2. The van der Waals surface area contributed by atoms with Crippen molar-refractivity contribution in [2.75, 3.05) is 0 Å². The number of halogens is 2. The molecular formula is C23H18Br2N2O3. The number of allylic oxidation sites excluding steroid dienone is 2. The zero-order valence-corrected chi connectivity index (χ0v) is 19.0. The Morgan fingerprint density at radius 3 is 2.27 bits per heavy atom. The number of carbonyl (C=O) groups is 2. The van der Waals surface area contributed by atoms with Crippen LogP contribution in [0.3, 0.4) is 0 Å². The van der Waals surface area contributed by atoms with Crippen LogP contribution >= 0.6 is 31.9 Å². The number of carbonyl (C=O) groups excluding carboxylic acids is 2. The summed E-state index contributed by atoms with van der Waals surface area (Å²) in [7, 11) is 0. The Morgan fingerprint density at radius 1 is 0.967 bits per heavy atom. The predicted molar refractivity (Wildman–Crippen MR) is 120 cm³/mol. The normalized spacial score (nSPS) is 26.8. The number of hydrogen-bond donors (Lipinski definition) is 0. The Labute approximate surface area is 191 Å². The van der Waals surface area contributed by atoms with Crippen molar-refractivity contribution in [3.63, 3.8) is 0 Å². The first-order valence-electron chi connectivity index (χ1n) is 9.78. The minimum Gasteiger partial charge on any atom is -0.488 e. The zero-order valence-electron chi connectivity index (χ0n) is 15.9. The average molecular weight is 530 g/mol. The molecule has 5 nitrogen and oxygen atoms in total. The minimum atomic E-state index is -0.250. The van der Waals surface area contributed by atoms with Gasteiger partial charge >= 0.3 is 0 Å². The van der Waals surface area contributed by atoms with Gasteiger partial charge in [-0.1, -0.05) is 56.1 Å². The molecule has 2 aliphatic carbocycles. The highest BCUT2D eigenvalue weighted by molar-refractivity contribution is 9.10. The molecule has 1 saturated carbocycles. The van der Waals surface area contributed by atoms with Crippen LogP contribution in [-0.2, 0) is 16.2 Å². The van der Waals surface area contributed by atoms with Crippen molar-refractivity contribution in [2.24, 2.45) is 28.8 Å². The molecule has 0 aromatic heterocycles. The van der Waals surface area contributed by atoms with Crippen molar-refractivity contribution in [1.29, 1.82) is 0 Å². The van der Waals surface area contributed by atoms with Crippen molar-refractivity contribution < 1.29 is 14.3 Å². The molecule has 30 heavy (non-hydrogen) atoms. The lowest BCUT2D eigenvalue weighted by Crippen LogP contribution is -2.28. The molecular weight excluding hydrogens is 512 g/mol. The van der Waals surface area contributed by atoms with Gasteiger partial charge in [-0.05, 0) is 54.2 Å². The maximum absolute atomic E-state index is 12.8. The van der Waals surface area contributed by atoms with E-state index in [1.165, 1.54) is 6.21 Å². The Bertz CT molecular complexity index is 1050. The third-order valence-electron chi connectivity index (χ3n) is 6.04. The molecule has 0 N–H and O–H groups in total. The molecule has 4 atom stereocenters. The lowest BCUT2D eigenvalue weighted by Gasteiger charge is -2.13. The van der Waals surface area contributed by atoms with Crippen LogP contribution in [0, 0.1) is 23.7 Å². The van der Waals surface area contributed by atoms with E-state index in [2.05, 4.69) is 49.1 Å². The molecule has 1 heterocycles. The molecule has 1 aliphatic heterocycles. The molecule has 2 fully saturated rings. The molecule has 2 amide bonds. The topological polar surface area (TPSA) is 59.0 Å². The summed E-state index contributed by atoms with van der Waals surface area (Å²) in [6.07, 6.45) is 6.59. The van der Waals surface area contributed by atoms with Crippen LogP contribution in [0.4, 0.5) is 0 Å². The maximum Gasteiger partial charge on any atom is 0.254 e. The molecule has 0 unspecified atom stereocenters. The molecule has 3 aliphatic rings. The van der Waals surface area contributed by atoms with E-state index >= 15 is 0 Å². The highest BCUT2D eigenvalue weighted by Gasteiger charge is 2.59. The summed E-state index contributed by atoms with van der Waals surface area (Å²) in [5.74, 6) is 0.0990. The van der Waals surface area contributed by atoms with E-state index < -0.39 is 0 Å². The van der Waals surface area contributed by atoms with Crippen molar-refractivity contribution in [2.45, 2.75) is 13.0 Å². The van der Waals surface area contributed by atoms with Gasteiger partial charge in [-0.2, -0.15) is 10.1 Å². The largest absolute Gasteiger partial charge is 0.488 e. The maximum atomic E-state index is 12.8. The third-order valence-corrected chi connectivity index (χ3v) is 7.06. The summed E-state index contributed by atoms with van der Waals surface area (Å²) in [5, 5.41) is 5.33. The van der Waals surface area contributed by atoms with Gasteiger partial charge in [-0.15, -0.1) is 0 Å². The second kappa shape index (κ2) is 7.78. The van der Waals surface area contributed by atoms with E-state index in [-0.39, 0.29) is 35.5 Å². The lowest BCUT2D eigenvalue weighted by atomic mass is 9.85. The Balaban J connectivity index is 1.35. The molecule has 1 saturated heterocycles. The summed E-state index contributed by atoms with van der Waals surface area (Å²) in [4.78, 5) is 25.6. The van der Waals surface area contributed by atoms with Crippen LogP contribution in [0.15, 0.2) is 68.7 Å². The quantitative estimate of drug-likeness (QED) is 0.313. The monoisotopic (exact) mass is 528 g/mol. The highest BCUT2D eigenvalue weighted by Crippen LogP contribution is 2.52. The van der Waals surface area contributed by atoms with E-state index in [1.54, 1.807) is 0 Å². The Kier molecular flexibility index (Phi) is 5.11. The number of hydrazone groups is 1. The molecule has 5 rings (SSSR count). The second-order valence-electron chi connectivity index (χ2n) is 7.83. The van der Waals surface area contributed by atoms with Crippen LogP contribution in [0.2, 0.25) is 0 Å². The summed E-state index contributed by atoms with van der Waals surface area (Å²) in [6, 6.07) is 13.5. The van der Waals surface area contributed by atoms with E-state index in [4.69, 9.17) is 4.74 Å². The van der Waals surface area contributed by atoms with Gasteiger partial charge in [0, 0.05) is 14.5 Å². The van der Waals surface area contributed by atoms with Crippen LogP contribution in [0.1, 0.15) is 17.5 Å². The van der Waals surface area contributed by atoms with Gasteiger partial charge in [0.25, 0.3) is 11.8 Å². The first-order valence-corrected chi connectivity index (χ1v) is 11.4. The van der Waals surface area contributed by atoms with E-state index in [1.807, 2.05) is 42.5 Å². The van der Waals surface area contributed by atoms with Crippen molar-refractivity contribution in [1.82, 2.24) is 5.01 Å². The number of imide groups is 1. The van der Waals surface area contributed by atoms with E-state index in [0.717, 1.165) is 25.9 Å². The Hall–Kier alpha value is -2.25. The summed E-state index contributed by atoms with van der Waals surface area (Å²) in [6.45, 7) is 0.399. The van der Waals surface area contributed by atoms with Gasteiger partial charge in [-0.25, -0.2) is 0 Å². The zero-order chi connectivity index (χ0) is 20.8. The van der Waals surface area contributed by atoms with Crippen LogP contribution in [0.25, 0.3) is 0 Å². The van der Waals surface area contributed by atoms with E-state index in [9.17, 15) is 9.59 Å². The van der Waals surface area contributed by atoms with E-state index in [0.29, 0.717) is 17.9 Å². The first-order chi connectivity index (χ1) is 14.5. The fourth-order valence-corrected chi connectivity index (χ4v) is 5.26. The van der Waals surface area contributed by atoms with Crippen molar-refractivity contribution in [3.05, 3.63) is 74.7 Å². The standard InChI is InChI=1S/C23H18Br2N2O3/c24-17-5-1-13(2-6-17)12-30-19-8-7-18(25)10-16(19)11-26-27-22(28)20-14-3-4-15(9-14)21(20)23(27)29/h1-8,10-11,14-15,20-21H,9,12H2/t14-,15-,20-,21+/m0/s1. The summed E-state index contributed by atoms with van der Waals surface area (Å²) in [5.41, 5.74) is 1.73. The number of amides is 2. The van der Waals surface area contributed by atoms with Crippen LogP contribution in [-0.4, -0.2) is 23.0 Å².